The maximum absolute atomic E-state index is 13.0. The third-order valence-corrected chi connectivity index (χ3v) is 6.64. The van der Waals surface area contributed by atoms with Gasteiger partial charge in [0.15, 0.2) is 9.84 Å². The summed E-state index contributed by atoms with van der Waals surface area (Å²) in [7, 11) is -3.06. The minimum absolute atomic E-state index is 0.00712. The zero-order valence-electron chi connectivity index (χ0n) is 14.9. The van der Waals surface area contributed by atoms with Crippen molar-refractivity contribution in [3.63, 3.8) is 0 Å². The second kappa shape index (κ2) is 7.99. The van der Waals surface area contributed by atoms with Crippen molar-refractivity contribution in [3.8, 4) is 0 Å². The average molecular weight is 372 g/mol. The molecule has 1 aromatic heterocycles. The summed E-state index contributed by atoms with van der Waals surface area (Å²) in [6.45, 7) is 2.43. The van der Waals surface area contributed by atoms with Gasteiger partial charge in [0.1, 0.15) is 0 Å². The standard InChI is InChI=1S/C20H24N2O3S/c1-16(18-7-3-2-4-8-18)12-20(23)22(14-17-6-5-10-21-13-17)19-9-11-26(24,25)15-19/h2-8,10,13,16,19H,9,11-12,14-15H2,1H3. The maximum Gasteiger partial charge on any atom is 0.223 e. The van der Waals surface area contributed by atoms with Gasteiger partial charge in [0.05, 0.1) is 11.5 Å². The van der Waals surface area contributed by atoms with Gasteiger partial charge >= 0.3 is 0 Å². The largest absolute Gasteiger partial charge is 0.334 e. The summed E-state index contributed by atoms with van der Waals surface area (Å²) in [5, 5.41) is 0. The first-order valence-corrected chi connectivity index (χ1v) is 10.7. The van der Waals surface area contributed by atoms with E-state index in [0.29, 0.717) is 19.4 Å². The smallest absolute Gasteiger partial charge is 0.223 e. The lowest BCUT2D eigenvalue weighted by Gasteiger charge is -2.29. The van der Waals surface area contributed by atoms with E-state index in [1.54, 1.807) is 17.3 Å². The highest BCUT2D eigenvalue weighted by atomic mass is 32.2. The van der Waals surface area contributed by atoms with E-state index < -0.39 is 9.84 Å². The molecule has 0 spiro atoms. The number of hydrogen-bond acceptors (Lipinski definition) is 4. The van der Waals surface area contributed by atoms with Crippen molar-refractivity contribution in [1.82, 2.24) is 9.88 Å². The lowest BCUT2D eigenvalue weighted by molar-refractivity contribution is -0.134. The summed E-state index contributed by atoms with van der Waals surface area (Å²) < 4.78 is 23.8. The lowest BCUT2D eigenvalue weighted by Crippen LogP contribution is -2.41. The number of carbonyl (C=O) groups excluding carboxylic acids is 1. The minimum Gasteiger partial charge on any atom is -0.334 e. The van der Waals surface area contributed by atoms with Crippen LogP contribution in [-0.2, 0) is 21.2 Å². The zero-order valence-corrected chi connectivity index (χ0v) is 15.7. The Kier molecular flexibility index (Phi) is 5.71. The Morgan fingerprint density at radius 3 is 2.62 bits per heavy atom. The van der Waals surface area contributed by atoms with Crippen LogP contribution in [0, 0.1) is 0 Å². The predicted molar refractivity (Wildman–Crippen MR) is 101 cm³/mol. The molecule has 138 valence electrons. The molecule has 2 unspecified atom stereocenters. The van der Waals surface area contributed by atoms with Gasteiger partial charge in [0, 0.05) is 31.4 Å². The highest BCUT2D eigenvalue weighted by Gasteiger charge is 2.35. The maximum atomic E-state index is 13.0. The van der Waals surface area contributed by atoms with Crippen LogP contribution in [0.1, 0.15) is 36.8 Å². The van der Waals surface area contributed by atoms with E-state index in [1.807, 2.05) is 49.4 Å². The first kappa shape index (κ1) is 18.6. The first-order valence-electron chi connectivity index (χ1n) is 8.88. The van der Waals surface area contributed by atoms with Crippen LogP contribution in [0.5, 0.6) is 0 Å². The number of pyridine rings is 1. The zero-order chi connectivity index (χ0) is 18.6. The summed E-state index contributed by atoms with van der Waals surface area (Å²) in [6, 6.07) is 13.4. The van der Waals surface area contributed by atoms with Crippen molar-refractivity contribution in [2.45, 2.75) is 38.3 Å². The molecule has 2 heterocycles. The highest BCUT2D eigenvalue weighted by Crippen LogP contribution is 2.25. The molecule has 0 aliphatic carbocycles. The van der Waals surface area contributed by atoms with Crippen molar-refractivity contribution < 1.29 is 13.2 Å². The third kappa shape index (κ3) is 4.69. The van der Waals surface area contributed by atoms with Crippen LogP contribution in [0.2, 0.25) is 0 Å². The van der Waals surface area contributed by atoms with Gasteiger partial charge in [0.25, 0.3) is 0 Å². The van der Waals surface area contributed by atoms with Crippen LogP contribution >= 0.6 is 0 Å². The van der Waals surface area contributed by atoms with Crippen LogP contribution in [0.15, 0.2) is 54.9 Å². The Labute approximate surface area is 155 Å². The summed E-state index contributed by atoms with van der Waals surface area (Å²) in [6.07, 6.45) is 4.28. The number of hydrogen-bond donors (Lipinski definition) is 0. The molecule has 0 N–H and O–H groups in total. The molecular weight excluding hydrogens is 348 g/mol. The topological polar surface area (TPSA) is 67.3 Å². The number of amides is 1. The van der Waals surface area contributed by atoms with Crippen LogP contribution in [0.3, 0.4) is 0 Å². The average Bonchev–Trinajstić information content (AvgIpc) is 3.00. The monoisotopic (exact) mass is 372 g/mol. The third-order valence-electron chi connectivity index (χ3n) is 4.89. The SMILES string of the molecule is CC(CC(=O)N(Cc1cccnc1)C1CCS(=O)(=O)C1)c1ccccc1. The van der Waals surface area contributed by atoms with Crippen molar-refractivity contribution >= 4 is 15.7 Å². The van der Waals surface area contributed by atoms with E-state index in [4.69, 9.17) is 0 Å². The molecule has 1 saturated heterocycles. The van der Waals surface area contributed by atoms with Crippen molar-refractivity contribution in [3.05, 3.63) is 66.0 Å². The molecular formula is C20H24N2O3S. The van der Waals surface area contributed by atoms with Gasteiger partial charge in [-0.1, -0.05) is 43.3 Å². The molecule has 2 atom stereocenters. The van der Waals surface area contributed by atoms with Gasteiger partial charge in [-0.3, -0.25) is 9.78 Å². The summed E-state index contributed by atoms with van der Waals surface area (Å²) in [5.41, 5.74) is 2.03. The Morgan fingerprint density at radius 1 is 1.23 bits per heavy atom. The number of rotatable bonds is 6. The fraction of sp³-hybridized carbons (Fsp3) is 0.400. The van der Waals surface area contributed by atoms with Crippen LogP contribution < -0.4 is 0 Å². The van der Waals surface area contributed by atoms with E-state index in [-0.39, 0.29) is 29.4 Å². The fourth-order valence-electron chi connectivity index (χ4n) is 3.41. The summed E-state index contributed by atoms with van der Waals surface area (Å²) in [4.78, 5) is 18.9. The summed E-state index contributed by atoms with van der Waals surface area (Å²) in [5.74, 6) is 0.284. The van der Waals surface area contributed by atoms with E-state index in [2.05, 4.69) is 4.98 Å². The number of aromatic nitrogens is 1. The normalized spacial score (nSPS) is 19.8. The van der Waals surface area contributed by atoms with Crippen molar-refractivity contribution in [2.24, 2.45) is 0 Å². The van der Waals surface area contributed by atoms with Crippen LogP contribution in [-0.4, -0.2) is 41.8 Å². The molecule has 6 heteroatoms. The molecule has 0 radical (unpaired) electrons. The molecule has 0 bridgehead atoms. The Balaban J connectivity index is 1.77. The van der Waals surface area contributed by atoms with Gasteiger partial charge < -0.3 is 4.90 Å². The number of carbonyl (C=O) groups is 1. The van der Waals surface area contributed by atoms with Crippen molar-refractivity contribution in [2.75, 3.05) is 11.5 Å². The molecule has 1 aliphatic heterocycles. The number of nitrogens with zero attached hydrogens (tertiary/aromatic N) is 2. The van der Waals surface area contributed by atoms with E-state index >= 15 is 0 Å². The highest BCUT2D eigenvalue weighted by molar-refractivity contribution is 7.91. The Morgan fingerprint density at radius 2 is 2.00 bits per heavy atom. The number of benzene rings is 1. The first-order chi connectivity index (χ1) is 12.4. The van der Waals surface area contributed by atoms with Gasteiger partial charge in [-0.15, -0.1) is 0 Å². The van der Waals surface area contributed by atoms with E-state index in [0.717, 1.165) is 11.1 Å². The fourth-order valence-corrected chi connectivity index (χ4v) is 5.14. The molecule has 3 rings (SSSR count). The van der Waals surface area contributed by atoms with Gasteiger partial charge in [-0.2, -0.15) is 0 Å². The Hall–Kier alpha value is -2.21. The second-order valence-electron chi connectivity index (χ2n) is 6.96. The molecule has 26 heavy (non-hydrogen) atoms. The van der Waals surface area contributed by atoms with Gasteiger partial charge in [-0.25, -0.2) is 8.42 Å². The Bertz CT molecular complexity index is 838. The second-order valence-corrected chi connectivity index (χ2v) is 9.18. The quantitative estimate of drug-likeness (QED) is 0.782. The molecule has 2 aromatic rings. The minimum atomic E-state index is -3.06. The van der Waals surface area contributed by atoms with Crippen LogP contribution in [0.4, 0.5) is 0 Å². The molecule has 5 nitrogen and oxygen atoms in total. The summed E-state index contributed by atoms with van der Waals surface area (Å²) >= 11 is 0. The number of sulfone groups is 1. The molecule has 0 saturated carbocycles. The van der Waals surface area contributed by atoms with E-state index in [1.165, 1.54) is 0 Å². The predicted octanol–water partition coefficient (Wildman–Crippen LogP) is 2.79. The van der Waals surface area contributed by atoms with Crippen molar-refractivity contribution in [1.29, 1.82) is 0 Å². The molecule has 1 aliphatic rings. The molecule has 1 aromatic carbocycles. The van der Waals surface area contributed by atoms with E-state index in [9.17, 15) is 13.2 Å². The van der Waals surface area contributed by atoms with Gasteiger partial charge in [0.2, 0.25) is 5.91 Å². The van der Waals surface area contributed by atoms with Gasteiger partial charge in [-0.05, 0) is 29.5 Å². The van der Waals surface area contributed by atoms with Crippen LogP contribution in [0.25, 0.3) is 0 Å². The lowest BCUT2D eigenvalue weighted by atomic mass is 9.96. The molecule has 1 fully saturated rings. The molecule has 1 amide bonds.